The largest absolute Gasteiger partial charge is 0.481 e. The van der Waals surface area contributed by atoms with E-state index in [1.807, 2.05) is 0 Å². The molecule has 1 N–H and O–H groups in total. The van der Waals surface area contributed by atoms with Crippen LogP contribution in [0.3, 0.4) is 0 Å². The molecule has 0 aliphatic rings. The van der Waals surface area contributed by atoms with Crippen molar-refractivity contribution < 1.29 is 31.1 Å². The number of hydrogen-bond acceptors (Lipinski definition) is 6. The van der Waals surface area contributed by atoms with E-state index in [-0.39, 0.29) is 24.7 Å². The van der Waals surface area contributed by atoms with Gasteiger partial charge in [0.15, 0.2) is 17.3 Å². The van der Waals surface area contributed by atoms with Crippen LogP contribution in [0.15, 0.2) is 73.2 Å². The average molecular weight is 558 g/mol. The van der Waals surface area contributed by atoms with Crippen LogP contribution in [0.5, 0.6) is 5.88 Å². The molecule has 3 heterocycles. The first kappa shape index (κ1) is 26.9. The quantitative estimate of drug-likeness (QED) is 0.227. The van der Waals surface area contributed by atoms with Gasteiger partial charge >= 0.3 is 12.4 Å². The van der Waals surface area contributed by atoms with E-state index in [0.29, 0.717) is 33.7 Å². The first-order valence-corrected chi connectivity index (χ1v) is 11.8. The van der Waals surface area contributed by atoms with Crippen molar-refractivity contribution in [2.75, 3.05) is 12.4 Å². The molecule has 0 saturated heterocycles. The Hall–Kier alpha value is -4.68. The molecule has 0 aliphatic carbocycles. The van der Waals surface area contributed by atoms with Crippen LogP contribution in [0, 0.1) is 0 Å². The number of benzene rings is 2. The maximum Gasteiger partial charge on any atom is 0.416 e. The summed E-state index contributed by atoms with van der Waals surface area (Å²) in [5, 5.41) is 3.05. The maximum absolute atomic E-state index is 13.2. The lowest BCUT2D eigenvalue weighted by Gasteiger charge is -2.12. The molecule has 0 fully saturated rings. The van der Waals surface area contributed by atoms with Gasteiger partial charge in [0.2, 0.25) is 5.88 Å². The van der Waals surface area contributed by atoms with E-state index in [1.54, 1.807) is 22.8 Å². The second kappa shape index (κ2) is 10.5. The van der Waals surface area contributed by atoms with E-state index in [2.05, 4.69) is 25.3 Å². The summed E-state index contributed by atoms with van der Waals surface area (Å²) < 4.78 is 85.2. The number of fused-ring (bicyclic) bond motifs is 1. The van der Waals surface area contributed by atoms with E-state index in [1.165, 1.54) is 37.8 Å². The lowest BCUT2D eigenvalue weighted by atomic mass is 10.1. The molecule has 7 nitrogen and oxygen atoms in total. The minimum absolute atomic E-state index is 0.0160. The van der Waals surface area contributed by atoms with E-state index >= 15 is 0 Å². The third-order valence-corrected chi connectivity index (χ3v) is 6.02. The van der Waals surface area contributed by atoms with Gasteiger partial charge in [-0.2, -0.15) is 26.3 Å². The van der Waals surface area contributed by atoms with E-state index < -0.39 is 23.5 Å². The van der Waals surface area contributed by atoms with E-state index in [0.717, 1.165) is 24.3 Å². The van der Waals surface area contributed by atoms with Gasteiger partial charge in [0.1, 0.15) is 5.52 Å². The van der Waals surface area contributed by atoms with Crippen molar-refractivity contribution in [2.24, 2.45) is 0 Å². The Morgan fingerprint density at radius 2 is 1.57 bits per heavy atom. The van der Waals surface area contributed by atoms with Gasteiger partial charge in [-0.15, -0.1) is 0 Å². The van der Waals surface area contributed by atoms with Gasteiger partial charge in [0.05, 0.1) is 31.1 Å². The summed E-state index contributed by atoms with van der Waals surface area (Å²) in [6, 6.07) is 13.0. The fourth-order valence-electron chi connectivity index (χ4n) is 3.98. The van der Waals surface area contributed by atoms with Crippen LogP contribution in [-0.4, -0.2) is 31.6 Å². The zero-order valence-electron chi connectivity index (χ0n) is 20.8. The molecule has 5 rings (SSSR count). The lowest BCUT2D eigenvalue weighted by molar-refractivity contribution is -0.138. The van der Waals surface area contributed by atoms with Crippen molar-refractivity contribution >= 4 is 17.0 Å². The second-order valence-corrected chi connectivity index (χ2v) is 8.78. The summed E-state index contributed by atoms with van der Waals surface area (Å²) in [6.07, 6.45) is -5.95. The molecule has 40 heavy (non-hydrogen) atoms. The van der Waals surface area contributed by atoms with Crippen LogP contribution in [0.2, 0.25) is 0 Å². The van der Waals surface area contributed by atoms with Crippen molar-refractivity contribution in [2.45, 2.75) is 25.4 Å². The molecule has 3 aromatic heterocycles. The number of pyridine rings is 1. The van der Waals surface area contributed by atoms with Gasteiger partial charge in [0, 0.05) is 24.4 Å². The summed E-state index contributed by atoms with van der Waals surface area (Å²) in [5.74, 6) is 0.892. The zero-order valence-corrected chi connectivity index (χ0v) is 20.8. The minimum atomic E-state index is -4.48. The van der Waals surface area contributed by atoms with E-state index in [9.17, 15) is 26.3 Å². The Labute approximate surface area is 223 Å². The fourth-order valence-corrected chi connectivity index (χ4v) is 3.98. The average Bonchev–Trinajstić information content (AvgIpc) is 3.34. The van der Waals surface area contributed by atoms with Crippen molar-refractivity contribution in [1.82, 2.24) is 24.5 Å². The molecule has 0 atom stereocenters. The predicted octanol–water partition coefficient (Wildman–Crippen LogP) is 6.59. The Bertz CT molecular complexity index is 1630. The van der Waals surface area contributed by atoms with Gasteiger partial charge in [-0.1, -0.05) is 24.3 Å². The van der Waals surface area contributed by atoms with Gasteiger partial charge < -0.3 is 14.6 Å². The molecule has 0 spiro atoms. The van der Waals surface area contributed by atoms with Gasteiger partial charge in [-0.3, -0.25) is 0 Å². The monoisotopic (exact) mass is 558 g/mol. The number of nitrogens with one attached hydrogen (secondary N) is 1. The Kier molecular flexibility index (Phi) is 7.04. The smallest absolute Gasteiger partial charge is 0.416 e. The minimum Gasteiger partial charge on any atom is -0.481 e. The molecule has 0 bridgehead atoms. The third-order valence-electron chi connectivity index (χ3n) is 6.02. The van der Waals surface area contributed by atoms with Crippen molar-refractivity contribution in [3.8, 4) is 17.3 Å². The Morgan fingerprint density at radius 3 is 2.23 bits per heavy atom. The first-order valence-electron chi connectivity index (χ1n) is 11.8. The predicted molar refractivity (Wildman–Crippen MR) is 134 cm³/mol. The number of methoxy groups -OCH3 is 1. The number of anilines is 1. The summed E-state index contributed by atoms with van der Waals surface area (Å²) in [7, 11) is 1.47. The van der Waals surface area contributed by atoms with Gasteiger partial charge in [0.25, 0.3) is 0 Å². The second-order valence-electron chi connectivity index (χ2n) is 8.78. The molecule has 0 aliphatic heterocycles. The van der Waals surface area contributed by atoms with Gasteiger partial charge in [-0.05, 0) is 41.5 Å². The zero-order chi connectivity index (χ0) is 28.5. The number of rotatable bonds is 7. The number of aromatic nitrogens is 5. The summed E-state index contributed by atoms with van der Waals surface area (Å²) in [5.41, 5.74) is 0.661. The van der Waals surface area contributed by atoms with Crippen LogP contribution in [0.4, 0.5) is 32.2 Å². The highest BCUT2D eigenvalue weighted by molar-refractivity contribution is 5.85. The normalized spacial score (nSPS) is 12.1. The number of hydrogen-bond donors (Lipinski definition) is 1. The van der Waals surface area contributed by atoms with Crippen LogP contribution in [0.1, 0.15) is 22.3 Å². The molecule has 5 aromatic rings. The Balaban J connectivity index is 1.51. The molecule has 0 amide bonds. The highest BCUT2D eigenvalue weighted by Gasteiger charge is 2.31. The SMILES string of the molecule is COc1ccc(-c2nc(NCc3cccc(C(F)(F)F)c3)c3ncn(Cc4ccc(C(F)(F)F)cc4)c3n2)cn1. The topological polar surface area (TPSA) is 77.8 Å². The number of imidazole rings is 1. The summed E-state index contributed by atoms with van der Waals surface area (Å²) in [6.45, 7) is 0.182. The van der Waals surface area contributed by atoms with Crippen LogP contribution < -0.4 is 10.1 Å². The standard InChI is InChI=1S/C27H20F6N6O/c1-40-21-10-7-18(13-34-21)23-37-24(35-12-17-3-2-4-20(11-17)27(31,32)33)22-25(38-23)39(15-36-22)14-16-5-8-19(9-6-16)26(28,29)30/h2-11,13,15H,12,14H2,1H3,(H,35,37,38). The summed E-state index contributed by atoms with van der Waals surface area (Å²) in [4.78, 5) is 17.7. The molecule has 206 valence electrons. The molecule has 0 radical (unpaired) electrons. The number of ether oxygens (including phenoxy) is 1. The Morgan fingerprint density at radius 1 is 0.825 bits per heavy atom. The number of nitrogens with zero attached hydrogens (tertiary/aromatic N) is 5. The van der Waals surface area contributed by atoms with Crippen LogP contribution in [-0.2, 0) is 25.4 Å². The number of alkyl halides is 6. The molecular formula is C27H20F6N6O. The van der Waals surface area contributed by atoms with Crippen LogP contribution in [0.25, 0.3) is 22.6 Å². The van der Waals surface area contributed by atoms with Crippen molar-refractivity contribution in [1.29, 1.82) is 0 Å². The number of halogens is 6. The lowest BCUT2D eigenvalue weighted by Crippen LogP contribution is -2.08. The highest BCUT2D eigenvalue weighted by atomic mass is 19.4. The van der Waals surface area contributed by atoms with Crippen LogP contribution >= 0.6 is 0 Å². The molecular weight excluding hydrogens is 538 g/mol. The molecule has 13 heteroatoms. The van der Waals surface area contributed by atoms with E-state index in [4.69, 9.17) is 4.74 Å². The molecule has 0 unspecified atom stereocenters. The van der Waals surface area contributed by atoms with Crippen molar-refractivity contribution in [3.63, 3.8) is 0 Å². The fraction of sp³-hybridized carbons (Fsp3) is 0.185. The van der Waals surface area contributed by atoms with Crippen molar-refractivity contribution in [3.05, 3.63) is 95.4 Å². The summed E-state index contributed by atoms with van der Waals surface area (Å²) >= 11 is 0. The highest BCUT2D eigenvalue weighted by Crippen LogP contribution is 2.31. The third kappa shape index (κ3) is 5.82. The molecule has 0 saturated carbocycles. The molecule has 2 aromatic carbocycles. The maximum atomic E-state index is 13.2. The first-order chi connectivity index (χ1) is 19.0. The van der Waals surface area contributed by atoms with Gasteiger partial charge in [-0.25, -0.2) is 19.9 Å².